The molecule has 1 aromatic rings. The summed E-state index contributed by atoms with van der Waals surface area (Å²) in [6.07, 6.45) is -0.973. The number of hydrogen-bond donors (Lipinski definition) is 1. The van der Waals surface area contributed by atoms with Crippen LogP contribution in [0.1, 0.15) is 34.6 Å². The first-order valence-corrected chi connectivity index (χ1v) is 6.82. The first-order chi connectivity index (χ1) is 9.33. The highest BCUT2D eigenvalue weighted by Crippen LogP contribution is 2.30. The van der Waals surface area contributed by atoms with Gasteiger partial charge >= 0.3 is 6.09 Å². The highest BCUT2D eigenvalue weighted by atomic mass is 16.5. The van der Waals surface area contributed by atoms with Crippen molar-refractivity contribution in [2.45, 2.75) is 46.8 Å². The Hall–Kier alpha value is -1.91. The maximum atomic E-state index is 11.2. The Kier molecular flexibility index (Phi) is 5.67. The second-order valence-electron chi connectivity index (χ2n) is 5.02. The van der Waals surface area contributed by atoms with Crippen LogP contribution in [-0.2, 0) is 0 Å². The van der Waals surface area contributed by atoms with Gasteiger partial charge in [0.2, 0.25) is 0 Å². The highest BCUT2D eigenvalue weighted by Gasteiger charge is 2.15. The Morgan fingerprint density at radius 2 is 1.55 bits per heavy atom. The molecular weight excluding hydrogens is 258 g/mol. The third-order valence-corrected chi connectivity index (χ3v) is 2.47. The average molecular weight is 281 g/mol. The molecule has 0 aliphatic heterocycles. The van der Waals surface area contributed by atoms with Crippen LogP contribution in [0.5, 0.6) is 11.5 Å². The number of nitrogens with zero attached hydrogens (tertiary/aromatic N) is 1. The van der Waals surface area contributed by atoms with Crippen molar-refractivity contribution in [2.75, 3.05) is 11.4 Å². The molecule has 0 saturated heterocycles. The number of anilines is 1. The smallest absolute Gasteiger partial charge is 0.411 e. The molecule has 0 aliphatic carbocycles. The molecule has 0 heterocycles. The molecule has 0 saturated carbocycles. The van der Waals surface area contributed by atoms with Crippen molar-refractivity contribution in [3.05, 3.63) is 18.2 Å². The van der Waals surface area contributed by atoms with Crippen LogP contribution in [0.4, 0.5) is 10.5 Å². The van der Waals surface area contributed by atoms with Crippen LogP contribution >= 0.6 is 0 Å². The van der Waals surface area contributed by atoms with Gasteiger partial charge in [0.15, 0.2) is 0 Å². The van der Waals surface area contributed by atoms with Crippen LogP contribution in [0.3, 0.4) is 0 Å². The maximum absolute atomic E-state index is 11.2. The molecule has 0 aliphatic rings. The van der Waals surface area contributed by atoms with Gasteiger partial charge in [0.25, 0.3) is 0 Å². The van der Waals surface area contributed by atoms with Gasteiger partial charge in [-0.25, -0.2) is 4.79 Å². The fourth-order valence-corrected chi connectivity index (χ4v) is 1.82. The van der Waals surface area contributed by atoms with Crippen molar-refractivity contribution in [1.82, 2.24) is 0 Å². The number of benzene rings is 1. The molecule has 1 aromatic carbocycles. The highest BCUT2D eigenvalue weighted by molar-refractivity contribution is 5.86. The number of ether oxygens (including phenoxy) is 2. The van der Waals surface area contributed by atoms with Crippen LogP contribution in [-0.4, -0.2) is 30.0 Å². The van der Waals surface area contributed by atoms with Crippen LogP contribution in [0.25, 0.3) is 0 Å². The van der Waals surface area contributed by atoms with E-state index in [4.69, 9.17) is 9.47 Å². The third kappa shape index (κ3) is 4.64. The standard InChI is InChI=1S/C15H23NO4/c1-6-16(15(17)18)12-7-13(19-10(2)3)9-14(8-12)20-11(4)5/h7-11H,6H2,1-5H3,(H,17,18). The van der Waals surface area contributed by atoms with Gasteiger partial charge in [-0.05, 0) is 34.6 Å². The summed E-state index contributed by atoms with van der Waals surface area (Å²) >= 11 is 0. The van der Waals surface area contributed by atoms with E-state index in [0.717, 1.165) is 0 Å². The van der Waals surface area contributed by atoms with Crippen molar-refractivity contribution in [1.29, 1.82) is 0 Å². The van der Waals surface area contributed by atoms with Crippen molar-refractivity contribution >= 4 is 11.8 Å². The second-order valence-corrected chi connectivity index (χ2v) is 5.02. The fourth-order valence-electron chi connectivity index (χ4n) is 1.82. The van der Waals surface area contributed by atoms with Gasteiger partial charge in [0.1, 0.15) is 11.5 Å². The van der Waals surface area contributed by atoms with Gasteiger partial charge in [0.05, 0.1) is 17.9 Å². The molecule has 1 rings (SSSR count). The number of rotatable bonds is 6. The molecule has 1 amide bonds. The summed E-state index contributed by atoms with van der Waals surface area (Å²) in [7, 11) is 0. The van der Waals surface area contributed by atoms with Gasteiger partial charge in [-0.2, -0.15) is 0 Å². The predicted molar refractivity (Wildman–Crippen MR) is 79.0 cm³/mol. The molecule has 1 N–H and O–H groups in total. The van der Waals surface area contributed by atoms with Crippen molar-refractivity contribution in [2.24, 2.45) is 0 Å². The molecule has 0 radical (unpaired) electrons. The van der Waals surface area contributed by atoms with E-state index in [9.17, 15) is 9.90 Å². The van der Waals surface area contributed by atoms with Gasteiger partial charge in [-0.1, -0.05) is 0 Å². The normalized spacial score (nSPS) is 10.8. The lowest BCUT2D eigenvalue weighted by Gasteiger charge is -2.21. The number of carbonyl (C=O) groups is 1. The van der Waals surface area contributed by atoms with Crippen molar-refractivity contribution in [3.8, 4) is 11.5 Å². The molecule has 112 valence electrons. The largest absolute Gasteiger partial charge is 0.491 e. The van der Waals surface area contributed by atoms with Gasteiger partial charge < -0.3 is 14.6 Å². The summed E-state index contributed by atoms with van der Waals surface area (Å²) in [5.74, 6) is 1.21. The van der Waals surface area contributed by atoms with Gasteiger partial charge in [0, 0.05) is 24.7 Å². The molecule has 0 unspecified atom stereocenters. The van der Waals surface area contributed by atoms with E-state index in [1.165, 1.54) is 4.90 Å². The van der Waals surface area contributed by atoms with E-state index in [1.807, 2.05) is 27.7 Å². The predicted octanol–water partition coefficient (Wildman–Crippen LogP) is 3.77. The third-order valence-electron chi connectivity index (χ3n) is 2.47. The topological polar surface area (TPSA) is 59.0 Å². The number of hydrogen-bond acceptors (Lipinski definition) is 3. The molecule has 5 nitrogen and oxygen atoms in total. The lowest BCUT2D eigenvalue weighted by molar-refractivity contribution is 0.202. The molecule has 20 heavy (non-hydrogen) atoms. The average Bonchev–Trinajstić information content (AvgIpc) is 2.26. The Labute approximate surface area is 120 Å². The minimum Gasteiger partial charge on any atom is -0.491 e. The zero-order chi connectivity index (χ0) is 15.3. The van der Waals surface area contributed by atoms with E-state index in [0.29, 0.717) is 23.7 Å². The summed E-state index contributed by atoms with van der Waals surface area (Å²) in [5, 5.41) is 9.22. The summed E-state index contributed by atoms with van der Waals surface area (Å²) < 4.78 is 11.3. The lowest BCUT2D eigenvalue weighted by atomic mass is 10.2. The van der Waals surface area contributed by atoms with E-state index < -0.39 is 6.09 Å². The zero-order valence-corrected chi connectivity index (χ0v) is 12.7. The Bertz CT molecular complexity index is 429. The second kappa shape index (κ2) is 7.03. The first-order valence-electron chi connectivity index (χ1n) is 6.82. The Balaban J connectivity index is 3.17. The minimum absolute atomic E-state index is 0.0112. The molecule has 0 atom stereocenters. The summed E-state index contributed by atoms with van der Waals surface area (Å²) in [6, 6.07) is 5.20. The molecule has 0 aromatic heterocycles. The number of amides is 1. The summed E-state index contributed by atoms with van der Waals surface area (Å²) in [5.41, 5.74) is 0.550. The molecule has 0 spiro atoms. The quantitative estimate of drug-likeness (QED) is 0.862. The lowest BCUT2D eigenvalue weighted by Crippen LogP contribution is -2.28. The summed E-state index contributed by atoms with van der Waals surface area (Å²) in [4.78, 5) is 12.5. The molecule has 5 heteroatoms. The molecule has 0 bridgehead atoms. The zero-order valence-electron chi connectivity index (χ0n) is 12.7. The van der Waals surface area contributed by atoms with Crippen LogP contribution in [0.2, 0.25) is 0 Å². The van der Waals surface area contributed by atoms with Gasteiger partial charge in [-0.15, -0.1) is 0 Å². The van der Waals surface area contributed by atoms with Gasteiger partial charge in [-0.3, -0.25) is 4.90 Å². The molecule has 0 fully saturated rings. The van der Waals surface area contributed by atoms with E-state index >= 15 is 0 Å². The Morgan fingerprint density at radius 1 is 1.10 bits per heavy atom. The van der Waals surface area contributed by atoms with Crippen LogP contribution < -0.4 is 14.4 Å². The van der Waals surface area contributed by atoms with E-state index in [2.05, 4.69) is 0 Å². The first kappa shape index (κ1) is 16.1. The maximum Gasteiger partial charge on any atom is 0.411 e. The number of carboxylic acid groups (broad SMARTS) is 1. The van der Waals surface area contributed by atoms with Crippen molar-refractivity contribution in [3.63, 3.8) is 0 Å². The summed E-state index contributed by atoms with van der Waals surface area (Å²) in [6.45, 7) is 9.83. The van der Waals surface area contributed by atoms with Crippen LogP contribution in [0.15, 0.2) is 18.2 Å². The minimum atomic E-state index is -0.996. The van der Waals surface area contributed by atoms with E-state index in [1.54, 1.807) is 25.1 Å². The van der Waals surface area contributed by atoms with Crippen LogP contribution in [0, 0.1) is 0 Å². The van der Waals surface area contributed by atoms with E-state index in [-0.39, 0.29) is 12.2 Å². The molecular formula is C15H23NO4. The Morgan fingerprint density at radius 3 is 1.85 bits per heavy atom. The SMILES string of the molecule is CCN(C(=O)O)c1cc(OC(C)C)cc(OC(C)C)c1. The fraction of sp³-hybridized carbons (Fsp3) is 0.533. The monoisotopic (exact) mass is 281 g/mol. The van der Waals surface area contributed by atoms with Crippen molar-refractivity contribution < 1.29 is 19.4 Å².